The van der Waals surface area contributed by atoms with E-state index < -0.39 is 10.2 Å². The highest BCUT2D eigenvalue weighted by atomic mass is 32.2. The molecule has 1 aliphatic heterocycles. The first-order chi connectivity index (χ1) is 12.5. The number of nitrogens with one attached hydrogen (secondary N) is 1. The molecule has 142 valence electrons. The minimum Gasteiger partial charge on any atom is -0.384 e. The summed E-state index contributed by atoms with van der Waals surface area (Å²) >= 11 is 0. The number of piperidine rings is 1. The number of aryl methyl sites for hydroxylation is 1. The molecule has 0 bridgehead atoms. The fraction of sp³-hybridized carbons (Fsp3) is 0.500. The second-order valence-corrected chi connectivity index (χ2v) is 8.48. The van der Waals surface area contributed by atoms with Crippen molar-refractivity contribution >= 4 is 10.2 Å². The molecular formula is C18H26N4O3S. The Hall–Kier alpha value is -1.74. The second-order valence-electron chi connectivity index (χ2n) is 6.73. The second kappa shape index (κ2) is 8.30. The molecule has 1 saturated heterocycles. The number of rotatable bonds is 7. The van der Waals surface area contributed by atoms with E-state index in [1.165, 1.54) is 4.31 Å². The van der Waals surface area contributed by atoms with Crippen molar-refractivity contribution in [3.8, 4) is 5.69 Å². The lowest BCUT2D eigenvalue weighted by Crippen LogP contribution is -2.46. The summed E-state index contributed by atoms with van der Waals surface area (Å²) in [5.41, 5.74) is 2.92. The summed E-state index contributed by atoms with van der Waals surface area (Å²) in [7, 11) is -1.85. The van der Waals surface area contributed by atoms with Crippen molar-refractivity contribution in [3.63, 3.8) is 0 Å². The number of aromatic nitrogens is 2. The Balaban J connectivity index is 1.62. The minimum absolute atomic E-state index is 0.222. The SMILES string of the molecule is COCC1CCCN(S(=O)(=O)NCc2cnn(-c3ccccc3C)c2)C1. The molecule has 7 nitrogen and oxygen atoms in total. The number of hydrogen-bond donors (Lipinski definition) is 1. The summed E-state index contributed by atoms with van der Waals surface area (Å²) < 4.78 is 36.3. The zero-order valence-corrected chi connectivity index (χ0v) is 16.1. The van der Waals surface area contributed by atoms with Crippen LogP contribution in [0.5, 0.6) is 0 Å². The van der Waals surface area contributed by atoms with Gasteiger partial charge in [0.05, 0.1) is 18.5 Å². The molecule has 1 unspecified atom stereocenters. The van der Waals surface area contributed by atoms with Gasteiger partial charge < -0.3 is 4.74 Å². The standard InChI is InChI=1S/C18H26N4O3S/c1-15-6-3-4-8-18(15)22-13-17(10-19-22)11-20-26(23,24)21-9-5-7-16(12-21)14-25-2/h3-4,6,8,10,13,16,20H,5,7,9,11-12,14H2,1-2H3. The maximum atomic E-state index is 12.6. The summed E-state index contributed by atoms with van der Waals surface area (Å²) in [5, 5.41) is 4.35. The molecule has 1 aliphatic rings. The van der Waals surface area contributed by atoms with Crippen LogP contribution >= 0.6 is 0 Å². The molecule has 1 atom stereocenters. The van der Waals surface area contributed by atoms with Crippen molar-refractivity contribution in [2.24, 2.45) is 5.92 Å². The molecule has 26 heavy (non-hydrogen) atoms. The van der Waals surface area contributed by atoms with Gasteiger partial charge in [0.15, 0.2) is 0 Å². The summed E-state index contributed by atoms with van der Waals surface area (Å²) in [6, 6.07) is 7.94. The summed E-state index contributed by atoms with van der Waals surface area (Å²) in [6.07, 6.45) is 5.41. The zero-order chi connectivity index (χ0) is 18.6. The van der Waals surface area contributed by atoms with Gasteiger partial charge in [0.1, 0.15) is 0 Å². The molecule has 0 aliphatic carbocycles. The lowest BCUT2D eigenvalue weighted by molar-refractivity contribution is 0.118. The first kappa shape index (κ1) is 19.0. The lowest BCUT2D eigenvalue weighted by atomic mass is 10.0. The van der Waals surface area contributed by atoms with E-state index in [1.54, 1.807) is 18.0 Å². The third-order valence-corrected chi connectivity index (χ3v) is 6.20. The number of benzene rings is 1. The molecule has 1 fully saturated rings. The van der Waals surface area contributed by atoms with Crippen LogP contribution in [0.15, 0.2) is 36.7 Å². The molecule has 1 aromatic carbocycles. The van der Waals surface area contributed by atoms with Gasteiger partial charge in [-0.3, -0.25) is 0 Å². The van der Waals surface area contributed by atoms with Crippen molar-refractivity contribution < 1.29 is 13.2 Å². The molecule has 1 N–H and O–H groups in total. The quantitative estimate of drug-likeness (QED) is 0.798. The Kier molecular flexibility index (Phi) is 6.08. The van der Waals surface area contributed by atoms with E-state index in [1.807, 2.05) is 37.4 Å². The maximum Gasteiger partial charge on any atom is 0.279 e. The van der Waals surface area contributed by atoms with Crippen molar-refractivity contribution in [2.45, 2.75) is 26.3 Å². The normalized spacial score (nSPS) is 18.9. The highest BCUT2D eigenvalue weighted by Crippen LogP contribution is 2.19. The molecule has 0 amide bonds. The Morgan fingerprint density at radius 3 is 2.92 bits per heavy atom. The van der Waals surface area contributed by atoms with Crippen LogP contribution in [0, 0.1) is 12.8 Å². The molecule has 0 spiro atoms. The van der Waals surface area contributed by atoms with Crippen LogP contribution in [-0.2, 0) is 21.5 Å². The van der Waals surface area contributed by atoms with Crippen LogP contribution in [0.1, 0.15) is 24.0 Å². The predicted molar refractivity (Wildman–Crippen MR) is 100 cm³/mol. The van der Waals surface area contributed by atoms with Crippen LogP contribution in [0.2, 0.25) is 0 Å². The summed E-state index contributed by atoms with van der Waals surface area (Å²) in [5.74, 6) is 0.258. The highest BCUT2D eigenvalue weighted by molar-refractivity contribution is 7.87. The summed E-state index contributed by atoms with van der Waals surface area (Å²) in [6.45, 7) is 3.89. The van der Waals surface area contributed by atoms with Crippen molar-refractivity contribution in [3.05, 3.63) is 47.8 Å². The van der Waals surface area contributed by atoms with Gasteiger partial charge in [0.2, 0.25) is 0 Å². The van der Waals surface area contributed by atoms with E-state index in [2.05, 4.69) is 9.82 Å². The van der Waals surface area contributed by atoms with Gasteiger partial charge in [0.25, 0.3) is 10.2 Å². The van der Waals surface area contributed by atoms with Crippen LogP contribution < -0.4 is 4.72 Å². The minimum atomic E-state index is -3.51. The first-order valence-electron chi connectivity index (χ1n) is 8.83. The molecule has 2 heterocycles. The largest absolute Gasteiger partial charge is 0.384 e. The number of para-hydroxylation sites is 1. The number of ether oxygens (including phenoxy) is 1. The molecule has 0 saturated carbocycles. The topological polar surface area (TPSA) is 76.5 Å². The van der Waals surface area contributed by atoms with E-state index in [-0.39, 0.29) is 12.5 Å². The molecule has 8 heteroatoms. The predicted octanol–water partition coefficient (Wildman–Crippen LogP) is 1.87. The zero-order valence-electron chi connectivity index (χ0n) is 15.3. The fourth-order valence-electron chi connectivity index (χ4n) is 3.29. The Bertz CT molecular complexity index is 832. The summed E-state index contributed by atoms with van der Waals surface area (Å²) in [4.78, 5) is 0. The van der Waals surface area contributed by atoms with Crippen LogP contribution in [0.4, 0.5) is 0 Å². The number of nitrogens with zero attached hydrogens (tertiary/aromatic N) is 3. The third kappa shape index (κ3) is 4.50. The van der Waals surface area contributed by atoms with E-state index in [0.29, 0.717) is 19.7 Å². The van der Waals surface area contributed by atoms with E-state index in [4.69, 9.17) is 4.74 Å². The van der Waals surface area contributed by atoms with Crippen LogP contribution in [0.3, 0.4) is 0 Å². The Morgan fingerprint density at radius 2 is 2.15 bits per heavy atom. The monoisotopic (exact) mass is 378 g/mol. The molecular weight excluding hydrogens is 352 g/mol. The number of hydrogen-bond acceptors (Lipinski definition) is 4. The molecule has 1 aromatic heterocycles. The van der Waals surface area contributed by atoms with Crippen LogP contribution in [-0.4, -0.2) is 49.3 Å². The van der Waals surface area contributed by atoms with Gasteiger partial charge >= 0.3 is 0 Å². The van der Waals surface area contributed by atoms with E-state index >= 15 is 0 Å². The van der Waals surface area contributed by atoms with Gasteiger partial charge in [-0.1, -0.05) is 18.2 Å². The van der Waals surface area contributed by atoms with Crippen molar-refractivity contribution in [1.82, 2.24) is 18.8 Å². The van der Waals surface area contributed by atoms with Crippen molar-refractivity contribution in [2.75, 3.05) is 26.8 Å². The fourth-order valence-corrected chi connectivity index (χ4v) is 4.59. The van der Waals surface area contributed by atoms with Gasteiger partial charge in [-0.2, -0.15) is 22.5 Å². The molecule has 0 radical (unpaired) electrons. The van der Waals surface area contributed by atoms with E-state index in [0.717, 1.165) is 29.7 Å². The number of methoxy groups -OCH3 is 1. The average Bonchev–Trinajstić information content (AvgIpc) is 3.10. The lowest BCUT2D eigenvalue weighted by Gasteiger charge is -2.31. The van der Waals surface area contributed by atoms with Crippen molar-refractivity contribution in [1.29, 1.82) is 0 Å². The Morgan fingerprint density at radius 1 is 1.35 bits per heavy atom. The van der Waals surface area contributed by atoms with Gasteiger partial charge in [0, 0.05) is 38.5 Å². The smallest absolute Gasteiger partial charge is 0.279 e. The first-order valence-corrected chi connectivity index (χ1v) is 10.3. The molecule has 2 aromatic rings. The average molecular weight is 378 g/mol. The van der Waals surface area contributed by atoms with Crippen LogP contribution in [0.25, 0.3) is 5.69 Å². The Labute approximate surface area is 155 Å². The van der Waals surface area contributed by atoms with E-state index in [9.17, 15) is 8.42 Å². The van der Waals surface area contributed by atoms with Gasteiger partial charge in [-0.15, -0.1) is 0 Å². The molecule has 3 rings (SSSR count). The van der Waals surface area contributed by atoms with Gasteiger partial charge in [-0.25, -0.2) is 4.68 Å². The third-order valence-electron chi connectivity index (χ3n) is 4.68. The highest BCUT2D eigenvalue weighted by Gasteiger charge is 2.28. The van der Waals surface area contributed by atoms with Gasteiger partial charge in [-0.05, 0) is 37.3 Å². The maximum absolute atomic E-state index is 12.6.